The van der Waals surface area contributed by atoms with Gasteiger partial charge in [-0.15, -0.1) is 0 Å². The van der Waals surface area contributed by atoms with Crippen LogP contribution in [0.15, 0.2) is 42.5 Å². The minimum atomic E-state index is -1.10. The summed E-state index contributed by atoms with van der Waals surface area (Å²) in [6, 6.07) is 10.9. The molecule has 2 aromatic rings. The van der Waals surface area contributed by atoms with E-state index in [0.717, 1.165) is 5.56 Å². The van der Waals surface area contributed by atoms with E-state index in [2.05, 4.69) is 0 Å². The van der Waals surface area contributed by atoms with Crippen LogP contribution in [-0.2, 0) is 0 Å². The molecule has 2 aromatic carbocycles. The largest absolute Gasteiger partial charge is 0.478 e. The lowest BCUT2D eigenvalue weighted by molar-refractivity contribution is 0.0686. The third-order valence-corrected chi connectivity index (χ3v) is 2.75. The SMILES string of the molecule is Nc1ccc(-c2ccc(C(=O)O)cc2)cc1C(=O)O. The van der Waals surface area contributed by atoms with Gasteiger partial charge in [-0.1, -0.05) is 18.2 Å². The Labute approximate surface area is 108 Å². The van der Waals surface area contributed by atoms with Crippen LogP contribution in [0.4, 0.5) is 5.69 Å². The molecule has 0 amide bonds. The van der Waals surface area contributed by atoms with Crippen molar-refractivity contribution in [3.63, 3.8) is 0 Å². The first kappa shape index (κ1) is 12.6. The number of nitrogen functional groups attached to an aromatic ring is 1. The molecule has 4 N–H and O–H groups in total. The van der Waals surface area contributed by atoms with Gasteiger partial charge in [0.05, 0.1) is 11.1 Å². The van der Waals surface area contributed by atoms with E-state index >= 15 is 0 Å². The summed E-state index contributed by atoms with van der Waals surface area (Å²) in [7, 11) is 0. The van der Waals surface area contributed by atoms with Crippen LogP contribution in [0.3, 0.4) is 0 Å². The van der Waals surface area contributed by atoms with E-state index in [9.17, 15) is 9.59 Å². The van der Waals surface area contributed by atoms with Crippen molar-refractivity contribution in [2.75, 3.05) is 5.73 Å². The Kier molecular flexibility index (Phi) is 3.20. The Balaban J connectivity index is 2.44. The van der Waals surface area contributed by atoms with Crippen molar-refractivity contribution < 1.29 is 19.8 Å². The highest BCUT2D eigenvalue weighted by molar-refractivity contribution is 5.95. The Hall–Kier alpha value is -2.82. The fourth-order valence-electron chi connectivity index (χ4n) is 1.73. The molecular formula is C14H11NO4. The van der Waals surface area contributed by atoms with E-state index in [4.69, 9.17) is 15.9 Å². The normalized spacial score (nSPS) is 10.1. The fourth-order valence-corrected chi connectivity index (χ4v) is 1.73. The van der Waals surface area contributed by atoms with Crippen LogP contribution in [-0.4, -0.2) is 22.2 Å². The number of hydrogen-bond acceptors (Lipinski definition) is 3. The van der Waals surface area contributed by atoms with Crippen molar-refractivity contribution in [2.45, 2.75) is 0 Å². The lowest BCUT2D eigenvalue weighted by Crippen LogP contribution is -2.02. The Bertz CT molecular complexity index is 647. The van der Waals surface area contributed by atoms with Crippen molar-refractivity contribution in [3.8, 4) is 11.1 Å². The zero-order chi connectivity index (χ0) is 14.0. The van der Waals surface area contributed by atoms with Gasteiger partial charge in [0.15, 0.2) is 0 Å². The molecule has 5 heteroatoms. The van der Waals surface area contributed by atoms with Gasteiger partial charge >= 0.3 is 11.9 Å². The summed E-state index contributed by atoms with van der Waals surface area (Å²) in [5, 5.41) is 17.8. The zero-order valence-corrected chi connectivity index (χ0v) is 9.83. The third kappa shape index (κ3) is 2.55. The number of carboxylic acids is 2. The first-order valence-electron chi connectivity index (χ1n) is 5.45. The van der Waals surface area contributed by atoms with Gasteiger partial charge in [-0.25, -0.2) is 9.59 Å². The van der Waals surface area contributed by atoms with E-state index in [1.54, 1.807) is 18.2 Å². The summed E-state index contributed by atoms with van der Waals surface area (Å²) in [4.78, 5) is 21.7. The molecule has 2 rings (SSSR count). The molecule has 0 aliphatic rings. The molecule has 5 nitrogen and oxygen atoms in total. The van der Waals surface area contributed by atoms with Gasteiger partial charge in [0, 0.05) is 5.69 Å². The maximum atomic E-state index is 11.0. The number of anilines is 1. The van der Waals surface area contributed by atoms with Crippen LogP contribution in [0.1, 0.15) is 20.7 Å². The topological polar surface area (TPSA) is 101 Å². The Morgan fingerprint density at radius 2 is 1.42 bits per heavy atom. The van der Waals surface area contributed by atoms with Gasteiger partial charge in [0.2, 0.25) is 0 Å². The van der Waals surface area contributed by atoms with Crippen molar-refractivity contribution in [2.24, 2.45) is 0 Å². The van der Waals surface area contributed by atoms with Crippen molar-refractivity contribution in [1.82, 2.24) is 0 Å². The van der Waals surface area contributed by atoms with Gasteiger partial charge in [-0.2, -0.15) is 0 Å². The summed E-state index contributed by atoms with van der Waals surface area (Å²) in [5.74, 6) is -2.10. The molecule has 0 fully saturated rings. The van der Waals surface area contributed by atoms with Gasteiger partial charge in [-0.05, 0) is 35.4 Å². The van der Waals surface area contributed by atoms with Crippen molar-refractivity contribution >= 4 is 17.6 Å². The van der Waals surface area contributed by atoms with Crippen LogP contribution in [0.2, 0.25) is 0 Å². The number of nitrogens with two attached hydrogens (primary N) is 1. The zero-order valence-electron chi connectivity index (χ0n) is 9.83. The summed E-state index contributed by atoms with van der Waals surface area (Å²) in [6.07, 6.45) is 0. The highest BCUT2D eigenvalue weighted by atomic mass is 16.4. The monoisotopic (exact) mass is 257 g/mol. The maximum absolute atomic E-state index is 11.0. The molecule has 19 heavy (non-hydrogen) atoms. The number of hydrogen-bond donors (Lipinski definition) is 3. The summed E-state index contributed by atoms with van der Waals surface area (Å²) in [6.45, 7) is 0. The molecule has 0 spiro atoms. The Morgan fingerprint density at radius 3 is 1.95 bits per heavy atom. The van der Waals surface area contributed by atoms with Crippen LogP contribution in [0.25, 0.3) is 11.1 Å². The summed E-state index contributed by atoms with van der Waals surface area (Å²) >= 11 is 0. The number of benzene rings is 2. The molecule has 0 radical (unpaired) electrons. The van der Waals surface area contributed by atoms with Crippen LogP contribution in [0.5, 0.6) is 0 Å². The number of rotatable bonds is 3. The lowest BCUT2D eigenvalue weighted by Gasteiger charge is -2.06. The molecule has 0 saturated carbocycles. The average molecular weight is 257 g/mol. The Morgan fingerprint density at radius 1 is 0.842 bits per heavy atom. The number of aromatic carboxylic acids is 2. The maximum Gasteiger partial charge on any atom is 0.337 e. The number of carbonyl (C=O) groups is 2. The second-order valence-electron chi connectivity index (χ2n) is 3.99. The predicted octanol–water partition coefficient (Wildman–Crippen LogP) is 2.33. The average Bonchev–Trinajstić information content (AvgIpc) is 2.39. The van der Waals surface area contributed by atoms with Crippen molar-refractivity contribution in [1.29, 1.82) is 0 Å². The minimum Gasteiger partial charge on any atom is -0.478 e. The molecule has 0 heterocycles. The summed E-state index contributed by atoms with van der Waals surface area (Å²) < 4.78 is 0. The molecule has 0 atom stereocenters. The van der Waals surface area contributed by atoms with E-state index in [0.29, 0.717) is 5.56 Å². The fraction of sp³-hybridized carbons (Fsp3) is 0. The molecule has 0 aromatic heterocycles. The molecular weight excluding hydrogens is 246 g/mol. The van der Waals surface area contributed by atoms with Gasteiger partial charge in [0.25, 0.3) is 0 Å². The second-order valence-corrected chi connectivity index (χ2v) is 3.99. The highest BCUT2D eigenvalue weighted by Crippen LogP contribution is 2.24. The van der Waals surface area contributed by atoms with E-state index in [1.165, 1.54) is 24.3 Å². The standard InChI is InChI=1S/C14H11NO4/c15-12-6-5-10(7-11(12)14(18)19)8-1-3-9(4-2-8)13(16)17/h1-7H,15H2,(H,16,17)(H,18,19). The van der Waals surface area contributed by atoms with Crippen LogP contribution in [0, 0.1) is 0 Å². The van der Waals surface area contributed by atoms with Gasteiger partial charge in [-0.3, -0.25) is 0 Å². The van der Waals surface area contributed by atoms with Gasteiger partial charge < -0.3 is 15.9 Å². The van der Waals surface area contributed by atoms with Crippen LogP contribution >= 0.6 is 0 Å². The quantitative estimate of drug-likeness (QED) is 0.732. The first-order valence-corrected chi connectivity index (χ1v) is 5.45. The second kappa shape index (κ2) is 4.81. The molecule has 0 saturated heterocycles. The first-order chi connectivity index (χ1) is 8.99. The lowest BCUT2D eigenvalue weighted by atomic mass is 10.0. The highest BCUT2D eigenvalue weighted by Gasteiger charge is 2.10. The summed E-state index contributed by atoms with van der Waals surface area (Å²) in [5.41, 5.74) is 7.37. The molecule has 96 valence electrons. The molecule has 0 unspecified atom stereocenters. The third-order valence-electron chi connectivity index (χ3n) is 2.75. The number of carboxylic acid groups (broad SMARTS) is 2. The van der Waals surface area contributed by atoms with E-state index in [-0.39, 0.29) is 16.8 Å². The van der Waals surface area contributed by atoms with Gasteiger partial charge in [0.1, 0.15) is 0 Å². The van der Waals surface area contributed by atoms with E-state index in [1.807, 2.05) is 0 Å². The van der Waals surface area contributed by atoms with E-state index < -0.39 is 11.9 Å². The predicted molar refractivity (Wildman–Crippen MR) is 70.2 cm³/mol. The van der Waals surface area contributed by atoms with Crippen molar-refractivity contribution in [3.05, 3.63) is 53.6 Å². The minimum absolute atomic E-state index is 0.0276. The molecule has 0 aliphatic carbocycles. The molecule has 0 bridgehead atoms. The van der Waals surface area contributed by atoms with Crippen LogP contribution < -0.4 is 5.73 Å². The smallest absolute Gasteiger partial charge is 0.337 e. The molecule has 0 aliphatic heterocycles.